The molecule has 0 saturated carbocycles. The summed E-state index contributed by atoms with van der Waals surface area (Å²) in [6, 6.07) is 69.9. The van der Waals surface area contributed by atoms with E-state index in [9.17, 15) is 0 Å². The fourth-order valence-electron chi connectivity index (χ4n) is 8.15. The van der Waals surface area contributed by atoms with Gasteiger partial charge in [-0.05, 0) is 67.7 Å². The Morgan fingerprint density at radius 1 is 0.263 bits per heavy atom. The number of rotatable bonds is 6. The van der Waals surface area contributed by atoms with E-state index in [0.717, 1.165) is 66.1 Å². The van der Waals surface area contributed by atoms with Gasteiger partial charge in [0.15, 0.2) is 17.5 Å². The summed E-state index contributed by atoms with van der Waals surface area (Å²) in [4.78, 5) is 15.3. The lowest BCUT2D eigenvalue weighted by Crippen LogP contribution is -2.00. The third-order valence-corrected chi connectivity index (χ3v) is 10.9. The largest absolute Gasteiger partial charge is 0.455 e. The monoisotopic (exact) mass is 727 g/mol. The van der Waals surface area contributed by atoms with Gasteiger partial charge in [0.1, 0.15) is 11.2 Å². The summed E-state index contributed by atoms with van der Waals surface area (Å²) in [6.07, 6.45) is 0. The Balaban J connectivity index is 1.07. The van der Waals surface area contributed by atoms with E-state index in [4.69, 9.17) is 19.4 Å². The number of nitrogens with zero attached hydrogens (tertiary/aromatic N) is 3. The molecule has 4 heteroatoms. The molecule has 0 unspecified atom stereocenters. The minimum absolute atomic E-state index is 0.557. The minimum Gasteiger partial charge on any atom is -0.455 e. The lowest BCUT2D eigenvalue weighted by molar-refractivity contribution is 0.673. The van der Waals surface area contributed by atoms with Crippen molar-refractivity contribution in [2.45, 2.75) is 0 Å². The normalized spacial score (nSPS) is 11.5. The van der Waals surface area contributed by atoms with Crippen LogP contribution < -0.4 is 0 Å². The van der Waals surface area contributed by atoms with Crippen LogP contribution in [-0.2, 0) is 0 Å². The van der Waals surface area contributed by atoms with Gasteiger partial charge in [-0.25, -0.2) is 15.0 Å². The fourth-order valence-corrected chi connectivity index (χ4v) is 8.15. The quantitative estimate of drug-likeness (QED) is 0.171. The summed E-state index contributed by atoms with van der Waals surface area (Å²) in [5.74, 6) is 1.76. The highest BCUT2D eigenvalue weighted by Crippen LogP contribution is 2.43. The van der Waals surface area contributed by atoms with E-state index in [0.29, 0.717) is 17.5 Å². The van der Waals surface area contributed by atoms with E-state index in [1.54, 1.807) is 0 Å². The van der Waals surface area contributed by atoms with Crippen molar-refractivity contribution in [3.63, 3.8) is 0 Å². The van der Waals surface area contributed by atoms with E-state index in [-0.39, 0.29) is 0 Å². The fraction of sp³-hybridized carbons (Fsp3) is 0. The molecule has 0 radical (unpaired) electrons. The summed E-state index contributed by atoms with van der Waals surface area (Å²) < 4.78 is 6.93. The number of aromatic nitrogens is 3. The van der Waals surface area contributed by atoms with Crippen molar-refractivity contribution in [2.24, 2.45) is 0 Å². The lowest BCUT2D eigenvalue weighted by Gasteiger charge is -2.10. The van der Waals surface area contributed by atoms with E-state index < -0.39 is 0 Å². The molecule has 0 fully saturated rings. The van der Waals surface area contributed by atoms with Crippen LogP contribution in [-0.4, -0.2) is 15.0 Å². The molecule has 0 amide bonds. The first-order valence-corrected chi connectivity index (χ1v) is 19.2. The van der Waals surface area contributed by atoms with Crippen molar-refractivity contribution in [1.29, 1.82) is 0 Å². The predicted octanol–water partition coefficient (Wildman–Crippen LogP) is 14.1. The maximum atomic E-state index is 6.93. The van der Waals surface area contributed by atoms with Crippen molar-refractivity contribution >= 4 is 43.5 Å². The van der Waals surface area contributed by atoms with Gasteiger partial charge < -0.3 is 4.42 Å². The summed E-state index contributed by atoms with van der Waals surface area (Å²) >= 11 is 0. The number of furan rings is 1. The highest BCUT2D eigenvalue weighted by atomic mass is 16.3. The molecule has 0 bridgehead atoms. The van der Waals surface area contributed by atoms with Gasteiger partial charge in [-0.3, -0.25) is 0 Å². The first kappa shape index (κ1) is 32.7. The zero-order valence-corrected chi connectivity index (χ0v) is 30.8. The summed E-state index contributed by atoms with van der Waals surface area (Å²) in [7, 11) is 0. The highest BCUT2D eigenvalue weighted by Gasteiger charge is 2.20. The lowest BCUT2D eigenvalue weighted by atomic mass is 9.93. The Labute approximate surface area is 329 Å². The molecule has 2 heterocycles. The third-order valence-electron chi connectivity index (χ3n) is 10.9. The molecule has 0 atom stereocenters. The SMILES string of the molecule is c1ccc(-c2cccc(-c3cc4c5cccc(-c6nc(-c7ccccc7)nc(-c7ccc(-c8cccc9ccccc89)cc7)n6)c5oc4c4ccccc34)c2)cc1. The molecular formula is C53H33N3O. The molecular weight excluding hydrogens is 695 g/mol. The van der Waals surface area contributed by atoms with Gasteiger partial charge in [-0.1, -0.05) is 182 Å². The van der Waals surface area contributed by atoms with Gasteiger partial charge in [0.2, 0.25) is 0 Å². The van der Waals surface area contributed by atoms with Gasteiger partial charge in [-0.2, -0.15) is 0 Å². The van der Waals surface area contributed by atoms with Crippen LogP contribution in [0.4, 0.5) is 0 Å². The molecule has 11 rings (SSSR count). The van der Waals surface area contributed by atoms with E-state index >= 15 is 0 Å². The van der Waals surface area contributed by atoms with Gasteiger partial charge in [0.25, 0.3) is 0 Å². The van der Waals surface area contributed by atoms with Crippen LogP contribution >= 0.6 is 0 Å². The molecule has 11 aromatic rings. The maximum Gasteiger partial charge on any atom is 0.167 e. The maximum absolute atomic E-state index is 6.93. The van der Waals surface area contributed by atoms with Crippen LogP contribution in [0.3, 0.4) is 0 Å². The molecule has 4 nitrogen and oxygen atoms in total. The molecule has 0 N–H and O–H groups in total. The van der Waals surface area contributed by atoms with E-state index in [1.807, 2.05) is 30.3 Å². The first-order chi connectivity index (χ1) is 28.2. The zero-order valence-electron chi connectivity index (χ0n) is 30.8. The van der Waals surface area contributed by atoms with Crippen molar-refractivity contribution in [1.82, 2.24) is 15.0 Å². The van der Waals surface area contributed by atoms with Crippen LogP contribution in [0.25, 0.3) is 111 Å². The average molecular weight is 728 g/mol. The second-order valence-corrected chi connectivity index (χ2v) is 14.4. The number of para-hydroxylation sites is 1. The second kappa shape index (κ2) is 13.6. The molecule has 57 heavy (non-hydrogen) atoms. The standard InChI is InChI=1S/C53H33N3O/c1-3-14-34(15-4-1)39-20-11-21-40(32-39)47-33-48-45-26-13-27-46(49(45)57-50(48)44-24-10-9-23-43(44)47)53-55-51(37-17-5-2-6-18-37)54-52(56-53)38-30-28-36(29-31-38)42-25-12-19-35-16-7-8-22-41(35)42/h1-33H. The molecule has 0 aliphatic rings. The Morgan fingerprint density at radius 2 is 0.772 bits per heavy atom. The average Bonchev–Trinajstić information content (AvgIpc) is 3.68. The summed E-state index contributed by atoms with van der Waals surface area (Å²) in [6.45, 7) is 0. The van der Waals surface area contributed by atoms with E-state index in [1.165, 1.54) is 27.5 Å². The van der Waals surface area contributed by atoms with Gasteiger partial charge in [0, 0.05) is 27.3 Å². The second-order valence-electron chi connectivity index (χ2n) is 14.4. The number of benzene rings is 9. The number of fused-ring (bicyclic) bond motifs is 6. The Kier molecular flexibility index (Phi) is 7.78. The molecule has 0 spiro atoms. The number of hydrogen-bond acceptors (Lipinski definition) is 4. The van der Waals surface area contributed by atoms with E-state index in [2.05, 4.69) is 170 Å². The molecule has 0 aliphatic carbocycles. The third kappa shape index (κ3) is 5.74. The van der Waals surface area contributed by atoms with Crippen LogP contribution in [0.1, 0.15) is 0 Å². The minimum atomic E-state index is 0.557. The van der Waals surface area contributed by atoms with Crippen LogP contribution in [0.5, 0.6) is 0 Å². The Morgan fingerprint density at radius 3 is 1.56 bits per heavy atom. The molecule has 266 valence electrons. The van der Waals surface area contributed by atoms with Crippen molar-refractivity contribution in [2.75, 3.05) is 0 Å². The molecule has 0 aliphatic heterocycles. The smallest absolute Gasteiger partial charge is 0.167 e. The topological polar surface area (TPSA) is 51.8 Å². The molecule has 9 aromatic carbocycles. The van der Waals surface area contributed by atoms with Gasteiger partial charge in [-0.15, -0.1) is 0 Å². The highest BCUT2D eigenvalue weighted by molar-refractivity contribution is 6.20. The summed E-state index contributed by atoms with van der Waals surface area (Å²) in [5.41, 5.74) is 11.2. The zero-order chi connectivity index (χ0) is 37.7. The van der Waals surface area contributed by atoms with Crippen molar-refractivity contribution in [3.05, 3.63) is 200 Å². The molecule has 2 aromatic heterocycles. The Hall–Kier alpha value is -7.69. The Bertz CT molecular complexity index is 3270. The van der Waals surface area contributed by atoms with Gasteiger partial charge >= 0.3 is 0 Å². The van der Waals surface area contributed by atoms with Crippen LogP contribution in [0.15, 0.2) is 205 Å². The van der Waals surface area contributed by atoms with Crippen LogP contribution in [0.2, 0.25) is 0 Å². The van der Waals surface area contributed by atoms with Crippen molar-refractivity contribution < 1.29 is 4.42 Å². The van der Waals surface area contributed by atoms with Crippen LogP contribution in [0, 0.1) is 0 Å². The van der Waals surface area contributed by atoms with Gasteiger partial charge in [0.05, 0.1) is 5.56 Å². The number of hydrogen-bond donors (Lipinski definition) is 0. The summed E-state index contributed by atoms with van der Waals surface area (Å²) in [5, 5.41) is 6.70. The predicted molar refractivity (Wildman–Crippen MR) is 235 cm³/mol. The first-order valence-electron chi connectivity index (χ1n) is 19.2. The van der Waals surface area contributed by atoms with Crippen molar-refractivity contribution in [3.8, 4) is 67.5 Å². The molecule has 0 saturated heterocycles.